The molecule has 1 atom stereocenters. The van der Waals surface area contributed by atoms with Crippen molar-refractivity contribution >= 4 is 6.03 Å². The summed E-state index contributed by atoms with van der Waals surface area (Å²) >= 11 is 0. The number of nitrogens with zero attached hydrogens (tertiary/aromatic N) is 4. The third kappa shape index (κ3) is 4.00. The lowest BCUT2D eigenvalue weighted by Gasteiger charge is -2.35. The van der Waals surface area contributed by atoms with Crippen molar-refractivity contribution in [2.45, 2.75) is 59.0 Å². The standard InChI is InChI=1S/C19H27N5O/c1-4-17-7-5-6-10-23(17)19(25)21-13-16-8-9-18(20-12-16)24-15(3)11-14(2)22-24/h8-9,11-12,17H,4-7,10,13H2,1-3H3,(H,21,25). The number of carbonyl (C=O) groups is 1. The molecule has 25 heavy (non-hydrogen) atoms. The average molecular weight is 341 g/mol. The van der Waals surface area contributed by atoms with E-state index >= 15 is 0 Å². The molecule has 6 nitrogen and oxygen atoms in total. The van der Waals surface area contributed by atoms with E-state index in [4.69, 9.17) is 0 Å². The number of rotatable bonds is 4. The summed E-state index contributed by atoms with van der Waals surface area (Å²) in [6, 6.07) is 6.37. The van der Waals surface area contributed by atoms with E-state index in [1.807, 2.05) is 41.6 Å². The van der Waals surface area contributed by atoms with Gasteiger partial charge in [-0.1, -0.05) is 13.0 Å². The summed E-state index contributed by atoms with van der Waals surface area (Å²) in [4.78, 5) is 18.9. The molecule has 0 bridgehead atoms. The molecule has 0 radical (unpaired) electrons. The fraction of sp³-hybridized carbons (Fsp3) is 0.526. The fourth-order valence-electron chi connectivity index (χ4n) is 3.48. The maximum atomic E-state index is 12.5. The Morgan fingerprint density at radius 2 is 2.16 bits per heavy atom. The molecule has 1 fully saturated rings. The topological polar surface area (TPSA) is 63.1 Å². The second-order valence-electron chi connectivity index (χ2n) is 6.77. The molecule has 3 heterocycles. The minimum atomic E-state index is 0.0363. The zero-order valence-electron chi connectivity index (χ0n) is 15.3. The summed E-state index contributed by atoms with van der Waals surface area (Å²) in [5.41, 5.74) is 3.02. The van der Waals surface area contributed by atoms with E-state index in [0.717, 1.165) is 48.6 Å². The van der Waals surface area contributed by atoms with Crippen LogP contribution in [-0.2, 0) is 6.54 Å². The lowest BCUT2D eigenvalue weighted by atomic mass is 10.0. The Labute approximate surface area is 149 Å². The van der Waals surface area contributed by atoms with Crippen LogP contribution in [0, 0.1) is 13.8 Å². The second kappa shape index (κ2) is 7.68. The highest BCUT2D eigenvalue weighted by molar-refractivity contribution is 5.74. The highest BCUT2D eigenvalue weighted by Crippen LogP contribution is 2.19. The van der Waals surface area contributed by atoms with E-state index in [1.54, 1.807) is 6.20 Å². The van der Waals surface area contributed by atoms with Gasteiger partial charge in [0.2, 0.25) is 0 Å². The van der Waals surface area contributed by atoms with Gasteiger partial charge in [-0.3, -0.25) is 0 Å². The van der Waals surface area contributed by atoms with Gasteiger partial charge in [-0.25, -0.2) is 14.5 Å². The molecule has 134 valence electrons. The number of likely N-dealkylation sites (tertiary alicyclic amines) is 1. The van der Waals surface area contributed by atoms with Gasteiger partial charge in [-0.05, 0) is 57.2 Å². The molecule has 0 aliphatic carbocycles. The number of nitrogens with one attached hydrogen (secondary N) is 1. The molecule has 1 aliphatic rings. The van der Waals surface area contributed by atoms with Gasteiger partial charge >= 0.3 is 6.03 Å². The Bertz CT molecular complexity index is 722. The first-order valence-corrected chi connectivity index (χ1v) is 9.11. The van der Waals surface area contributed by atoms with Crippen LogP contribution in [0.2, 0.25) is 0 Å². The maximum Gasteiger partial charge on any atom is 0.317 e. The average Bonchev–Trinajstić information content (AvgIpc) is 2.98. The van der Waals surface area contributed by atoms with Crippen molar-refractivity contribution in [2.24, 2.45) is 0 Å². The first-order chi connectivity index (χ1) is 12.1. The summed E-state index contributed by atoms with van der Waals surface area (Å²) in [6.07, 6.45) is 6.26. The minimum absolute atomic E-state index is 0.0363. The summed E-state index contributed by atoms with van der Waals surface area (Å²) < 4.78 is 1.83. The van der Waals surface area contributed by atoms with E-state index < -0.39 is 0 Å². The van der Waals surface area contributed by atoms with Gasteiger partial charge in [0.25, 0.3) is 0 Å². The Kier molecular flexibility index (Phi) is 5.36. The van der Waals surface area contributed by atoms with Crippen LogP contribution in [0.5, 0.6) is 0 Å². The highest BCUT2D eigenvalue weighted by Gasteiger charge is 2.24. The summed E-state index contributed by atoms with van der Waals surface area (Å²) in [5.74, 6) is 0.794. The van der Waals surface area contributed by atoms with Crippen LogP contribution in [0.4, 0.5) is 4.79 Å². The van der Waals surface area contributed by atoms with E-state index in [0.29, 0.717) is 12.6 Å². The van der Waals surface area contributed by atoms with Gasteiger partial charge < -0.3 is 10.2 Å². The first-order valence-electron chi connectivity index (χ1n) is 9.11. The van der Waals surface area contributed by atoms with Crippen molar-refractivity contribution in [1.82, 2.24) is 25.0 Å². The Hall–Kier alpha value is -2.37. The molecule has 1 unspecified atom stereocenters. The normalized spacial score (nSPS) is 17.6. The number of amides is 2. The van der Waals surface area contributed by atoms with Gasteiger partial charge in [-0.15, -0.1) is 0 Å². The highest BCUT2D eigenvalue weighted by atomic mass is 16.2. The van der Waals surface area contributed by atoms with Crippen molar-refractivity contribution in [1.29, 1.82) is 0 Å². The first kappa shape index (κ1) is 17.5. The van der Waals surface area contributed by atoms with Crippen LogP contribution in [0.1, 0.15) is 49.6 Å². The molecule has 2 amide bonds. The molecule has 1 saturated heterocycles. The SMILES string of the molecule is CCC1CCCCN1C(=O)NCc1ccc(-n2nc(C)cc2C)nc1. The van der Waals surface area contributed by atoms with Gasteiger partial charge in [0.05, 0.1) is 5.69 Å². The van der Waals surface area contributed by atoms with Crippen LogP contribution < -0.4 is 5.32 Å². The number of urea groups is 1. The molecule has 3 rings (SSSR count). The van der Waals surface area contributed by atoms with Crippen LogP contribution in [0.15, 0.2) is 24.4 Å². The molecule has 0 aromatic carbocycles. The monoisotopic (exact) mass is 341 g/mol. The number of pyridine rings is 1. The van der Waals surface area contributed by atoms with Gasteiger partial charge in [0.15, 0.2) is 5.82 Å². The third-order valence-corrected chi connectivity index (χ3v) is 4.84. The van der Waals surface area contributed by atoms with E-state index in [9.17, 15) is 4.79 Å². The predicted molar refractivity (Wildman–Crippen MR) is 97.7 cm³/mol. The van der Waals surface area contributed by atoms with Crippen LogP contribution in [0.25, 0.3) is 5.82 Å². The smallest absolute Gasteiger partial charge is 0.317 e. The number of piperidine rings is 1. The number of hydrogen-bond acceptors (Lipinski definition) is 3. The van der Waals surface area contributed by atoms with Crippen molar-refractivity contribution in [3.63, 3.8) is 0 Å². The zero-order valence-corrected chi connectivity index (χ0v) is 15.3. The van der Waals surface area contributed by atoms with Crippen molar-refractivity contribution in [3.05, 3.63) is 41.3 Å². The predicted octanol–water partition coefficient (Wildman–Crippen LogP) is 3.36. The number of hydrogen-bond donors (Lipinski definition) is 1. The molecule has 0 spiro atoms. The van der Waals surface area contributed by atoms with E-state index in [1.165, 1.54) is 6.42 Å². The Balaban J connectivity index is 1.60. The summed E-state index contributed by atoms with van der Waals surface area (Å²) in [6.45, 7) is 7.49. The van der Waals surface area contributed by atoms with E-state index in [-0.39, 0.29) is 6.03 Å². The quantitative estimate of drug-likeness (QED) is 0.927. The number of carbonyl (C=O) groups excluding carboxylic acids is 1. The molecular formula is C19H27N5O. The number of aryl methyl sites for hydroxylation is 2. The van der Waals surface area contributed by atoms with Crippen molar-refractivity contribution in [2.75, 3.05) is 6.54 Å². The zero-order chi connectivity index (χ0) is 17.8. The Morgan fingerprint density at radius 1 is 1.32 bits per heavy atom. The van der Waals surface area contributed by atoms with Crippen molar-refractivity contribution < 1.29 is 4.79 Å². The van der Waals surface area contributed by atoms with E-state index in [2.05, 4.69) is 22.3 Å². The summed E-state index contributed by atoms with van der Waals surface area (Å²) in [5, 5.41) is 7.47. The Morgan fingerprint density at radius 3 is 2.80 bits per heavy atom. The van der Waals surface area contributed by atoms with Crippen LogP contribution >= 0.6 is 0 Å². The van der Waals surface area contributed by atoms with Gasteiger partial charge in [0.1, 0.15) is 0 Å². The molecule has 1 N–H and O–H groups in total. The molecule has 1 aliphatic heterocycles. The molecule has 2 aromatic rings. The fourth-order valence-corrected chi connectivity index (χ4v) is 3.48. The molecular weight excluding hydrogens is 314 g/mol. The number of aromatic nitrogens is 3. The maximum absolute atomic E-state index is 12.5. The largest absolute Gasteiger partial charge is 0.334 e. The molecule has 0 saturated carbocycles. The lowest BCUT2D eigenvalue weighted by molar-refractivity contribution is 0.148. The minimum Gasteiger partial charge on any atom is -0.334 e. The molecule has 6 heteroatoms. The van der Waals surface area contributed by atoms with Crippen molar-refractivity contribution in [3.8, 4) is 5.82 Å². The van der Waals surface area contributed by atoms with Crippen LogP contribution in [0.3, 0.4) is 0 Å². The summed E-state index contributed by atoms with van der Waals surface area (Å²) in [7, 11) is 0. The van der Waals surface area contributed by atoms with Gasteiger partial charge in [0, 0.05) is 31.0 Å². The third-order valence-electron chi connectivity index (χ3n) is 4.84. The van der Waals surface area contributed by atoms with Gasteiger partial charge in [-0.2, -0.15) is 5.10 Å². The molecule has 2 aromatic heterocycles. The second-order valence-corrected chi connectivity index (χ2v) is 6.77. The lowest BCUT2D eigenvalue weighted by Crippen LogP contribution is -2.48. The van der Waals surface area contributed by atoms with Crippen LogP contribution in [-0.4, -0.2) is 38.3 Å².